The minimum Gasteiger partial charge on any atom is -0.207 e. The number of hydrogen-bond donors (Lipinski definition) is 1. The molecular formula is C11H9ClN2O2S. The fraction of sp³-hybridized carbons (Fsp3) is 0.182. The third kappa shape index (κ3) is 3.21. The maximum atomic E-state index is 11.8. The number of nitrogens with one attached hydrogen (secondary N) is 1. The second kappa shape index (κ2) is 5.20. The lowest BCUT2D eigenvalue weighted by Gasteiger charge is -2.10. The molecule has 6 heteroatoms. The molecule has 1 atom stereocenters. The third-order valence-electron chi connectivity index (χ3n) is 1.93. The van der Waals surface area contributed by atoms with Crippen LogP contribution in [0.5, 0.6) is 0 Å². The molecule has 1 N–H and O–H groups in total. The van der Waals surface area contributed by atoms with Crippen molar-refractivity contribution in [3.8, 4) is 18.4 Å². The van der Waals surface area contributed by atoms with Crippen LogP contribution in [0.25, 0.3) is 0 Å². The van der Waals surface area contributed by atoms with E-state index in [9.17, 15) is 8.42 Å². The first-order chi connectivity index (χ1) is 7.90. The molecule has 4 nitrogen and oxygen atoms in total. The van der Waals surface area contributed by atoms with Gasteiger partial charge >= 0.3 is 0 Å². The average Bonchev–Trinajstić information content (AvgIpc) is 2.27. The van der Waals surface area contributed by atoms with Crippen molar-refractivity contribution in [1.82, 2.24) is 4.72 Å². The first-order valence-corrected chi connectivity index (χ1v) is 6.45. The largest absolute Gasteiger partial charge is 0.243 e. The van der Waals surface area contributed by atoms with Crippen LogP contribution in [-0.4, -0.2) is 14.5 Å². The van der Waals surface area contributed by atoms with Gasteiger partial charge in [-0.25, -0.2) is 8.42 Å². The van der Waals surface area contributed by atoms with Crippen molar-refractivity contribution in [2.75, 3.05) is 0 Å². The molecule has 0 heterocycles. The van der Waals surface area contributed by atoms with Crippen molar-refractivity contribution >= 4 is 21.6 Å². The predicted molar refractivity (Wildman–Crippen MR) is 64.8 cm³/mol. The minimum absolute atomic E-state index is 0.0132. The van der Waals surface area contributed by atoms with Crippen LogP contribution in [0.15, 0.2) is 23.1 Å². The van der Waals surface area contributed by atoms with Crippen molar-refractivity contribution in [3.63, 3.8) is 0 Å². The third-order valence-corrected chi connectivity index (χ3v) is 3.96. The predicted octanol–water partition coefficient (Wildman–Crippen LogP) is 1.51. The van der Waals surface area contributed by atoms with Gasteiger partial charge in [-0.1, -0.05) is 17.5 Å². The van der Waals surface area contributed by atoms with Gasteiger partial charge in [0.15, 0.2) is 0 Å². The average molecular weight is 269 g/mol. The van der Waals surface area contributed by atoms with Crippen LogP contribution in [0, 0.1) is 23.7 Å². The van der Waals surface area contributed by atoms with Gasteiger partial charge in [0.05, 0.1) is 22.7 Å². The van der Waals surface area contributed by atoms with Crippen molar-refractivity contribution in [3.05, 3.63) is 28.8 Å². The molecule has 1 aromatic carbocycles. The van der Waals surface area contributed by atoms with E-state index in [1.807, 2.05) is 6.07 Å². The van der Waals surface area contributed by atoms with E-state index < -0.39 is 16.1 Å². The number of rotatable bonds is 3. The summed E-state index contributed by atoms with van der Waals surface area (Å²) in [5.41, 5.74) is 0.291. The topological polar surface area (TPSA) is 70.0 Å². The Morgan fingerprint density at radius 3 is 2.65 bits per heavy atom. The Morgan fingerprint density at radius 2 is 2.18 bits per heavy atom. The lowest BCUT2D eigenvalue weighted by Crippen LogP contribution is -2.31. The van der Waals surface area contributed by atoms with E-state index in [4.69, 9.17) is 23.3 Å². The highest BCUT2D eigenvalue weighted by molar-refractivity contribution is 7.89. The molecule has 0 aliphatic carbocycles. The fourth-order valence-corrected chi connectivity index (χ4v) is 2.83. The number of halogens is 1. The van der Waals surface area contributed by atoms with E-state index in [0.717, 1.165) is 0 Å². The molecule has 0 saturated carbocycles. The second-order valence-corrected chi connectivity index (χ2v) is 5.36. The van der Waals surface area contributed by atoms with Gasteiger partial charge in [0, 0.05) is 0 Å². The molecule has 0 spiro atoms. The SMILES string of the molecule is C#CC(C)NS(=O)(=O)c1ccc(C#N)cc1Cl. The molecule has 0 bridgehead atoms. The summed E-state index contributed by atoms with van der Waals surface area (Å²) in [5, 5.41) is 8.63. The van der Waals surface area contributed by atoms with Gasteiger partial charge in [0.2, 0.25) is 10.0 Å². The summed E-state index contributed by atoms with van der Waals surface area (Å²) in [6.45, 7) is 1.54. The Morgan fingerprint density at radius 1 is 1.53 bits per heavy atom. The van der Waals surface area contributed by atoms with Crippen LogP contribution in [0.1, 0.15) is 12.5 Å². The Balaban J connectivity index is 3.18. The van der Waals surface area contributed by atoms with Gasteiger partial charge in [0.25, 0.3) is 0 Å². The van der Waals surface area contributed by atoms with Gasteiger partial charge in [-0.2, -0.15) is 9.98 Å². The second-order valence-electron chi connectivity index (χ2n) is 3.27. The molecule has 0 aliphatic heterocycles. The minimum atomic E-state index is -3.76. The van der Waals surface area contributed by atoms with E-state index in [-0.39, 0.29) is 9.92 Å². The molecule has 1 rings (SSSR count). The number of terminal acetylenes is 1. The molecule has 0 radical (unpaired) electrons. The smallest absolute Gasteiger partial charge is 0.207 e. The molecule has 88 valence electrons. The standard InChI is InChI=1S/C11H9ClN2O2S/c1-3-8(2)14-17(15,16)11-5-4-9(7-13)6-10(11)12/h1,4-6,8,14H,2H3. The quantitative estimate of drug-likeness (QED) is 0.845. The molecular weight excluding hydrogens is 260 g/mol. The molecule has 1 aromatic rings. The Kier molecular flexibility index (Phi) is 4.14. The van der Waals surface area contributed by atoms with E-state index in [1.165, 1.54) is 25.1 Å². The van der Waals surface area contributed by atoms with Crippen molar-refractivity contribution in [2.45, 2.75) is 17.9 Å². The van der Waals surface area contributed by atoms with Gasteiger partial charge in [-0.15, -0.1) is 6.42 Å². The number of benzene rings is 1. The number of nitrogens with zero attached hydrogens (tertiary/aromatic N) is 1. The van der Waals surface area contributed by atoms with Crippen LogP contribution < -0.4 is 4.72 Å². The number of hydrogen-bond acceptors (Lipinski definition) is 3. The molecule has 0 amide bonds. The highest BCUT2D eigenvalue weighted by Gasteiger charge is 2.19. The number of sulfonamides is 1. The summed E-state index contributed by atoms with van der Waals surface area (Å²) >= 11 is 5.80. The van der Waals surface area contributed by atoms with E-state index in [2.05, 4.69) is 10.6 Å². The van der Waals surface area contributed by atoms with Gasteiger partial charge in [0.1, 0.15) is 4.90 Å². The zero-order valence-electron chi connectivity index (χ0n) is 8.94. The summed E-state index contributed by atoms with van der Waals surface area (Å²) < 4.78 is 26.0. The van der Waals surface area contributed by atoms with E-state index >= 15 is 0 Å². The van der Waals surface area contributed by atoms with Crippen LogP contribution >= 0.6 is 11.6 Å². The van der Waals surface area contributed by atoms with Crippen molar-refractivity contribution in [2.24, 2.45) is 0 Å². The molecule has 0 aromatic heterocycles. The van der Waals surface area contributed by atoms with Gasteiger partial charge in [-0.3, -0.25) is 0 Å². The Hall–Kier alpha value is -1.53. The highest BCUT2D eigenvalue weighted by atomic mass is 35.5. The van der Waals surface area contributed by atoms with Crippen LogP contribution in [0.2, 0.25) is 5.02 Å². The Labute approximate surface area is 105 Å². The zero-order valence-corrected chi connectivity index (χ0v) is 10.5. The Bertz CT molecular complexity index is 611. The summed E-state index contributed by atoms with van der Waals surface area (Å²) in [4.78, 5) is -0.0970. The summed E-state index contributed by atoms with van der Waals surface area (Å²) in [6.07, 6.45) is 5.09. The van der Waals surface area contributed by atoms with E-state index in [1.54, 1.807) is 0 Å². The van der Waals surface area contributed by atoms with Crippen molar-refractivity contribution in [1.29, 1.82) is 5.26 Å². The van der Waals surface area contributed by atoms with Crippen LogP contribution in [0.3, 0.4) is 0 Å². The van der Waals surface area contributed by atoms with Gasteiger partial charge < -0.3 is 0 Å². The molecule has 0 aliphatic rings. The summed E-state index contributed by atoms with van der Waals surface area (Å²) in [6, 6.07) is 5.17. The lowest BCUT2D eigenvalue weighted by atomic mass is 10.2. The maximum absolute atomic E-state index is 11.8. The summed E-state index contributed by atoms with van der Waals surface area (Å²) in [5.74, 6) is 2.25. The monoisotopic (exact) mass is 268 g/mol. The van der Waals surface area contributed by atoms with E-state index in [0.29, 0.717) is 5.56 Å². The van der Waals surface area contributed by atoms with Crippen LogP contribution in [-0.2, 0) is 10.0 Å². The first kappa shape index (κ1) is 13.5. The molecule has 0 fully saturated rings. The molecule has 0 saturated heterocycles. The zero-order chi connectivity index (χ0) is 13.1. The fourth-order valence-electron chi connectivity index (χ4n) is 1.12. The van der Waals surface area contributed by atoms with Crippen LogP contribution in [0.4, 0.5) is 0 Å². The lowest BCUT2D eigenvalue weighted by molar-refractivity contribution is 0.578. The highest BCUT2D eigenvalue weighted by Crippen LogP contribution is 2.22. The molecule has 1 unspecified atom stereocenters. The normalized spacial score (nSPS) is 12.5. The number of nitriles is 1. The first-order valence-electron chi connectivity index (χ1n) is 4.59. The maximum Gasteiger partial charge on any atom is 0.243 e. The van der Waals surface area contributed by atoms with Gasteiger partial charge in [-0.05, 0) is 25.1 Å². The van der Waals surface area contributed by atoms with Crippen molar-refractivity contribution < 1.29 is 8.42 Å². The summed E-state index contributed by atoms with van der Waals surface area (Å²) in [7, 11) is -3.76. The molecule has 17 heavy (non-hydrogen) atoms.